The molecule has 0 aliphatic rings. The maximum absolute atomic E-state index is 10.9. The van der Waals surface area contributed by atoms with E-state index in [4.69, 9.17) is 0 Å². The molecule has 0 aliphatic heterocycles. The lowest BCUT2D eigenvalue weighted by Gasteiger charge is -2.08. The highest BCUT2D eigenvalue weighted by molar-refractivity contribution is 7.07. The first-order chi connectivity index (χ1) is 14.2. The highest BCUT2D eigenvalue weighted by Crippen LogP contribution is 2.25. The number of rotatable bonds is 5. The number of non-ortho nitro benzene ring substituents is 1. The van der Waals surface area contributed by atoms with E-state index in [2.05, 4.69) is 15.2 Å². The molecule has 0 radical (unpaired) electrons. The molecule has 0 saturated carbocycles. The summed E-state index contributed by atoms with van der Waals surface area (Å²) in [5, 5.41) is 21.5. The van der Waals surface area contributed by atoms with Crippen molar-refractivity contribution < 1.29 is 4.92 Å². The number of nitro benzene ring substituents is 1. The number of hydrogen-bond donors (Lipinski definition) is 0. The lowest BCUT2D eigenvalue weighted by atomic mass is 10.1. The molecule has 7 nitrogen and oxygen atoms in total. The Bertz CT molecular complexity index is 1210. The summed E-state index contributed by atoms with van der Waals surface area (Å²) in [7, 11) is 0. The zero-order valence-electron chi connectivity index (χ0n) is 15.1. The predicted molar refractivity (Wildman–Crippen MR) is 113 cm³/mol. The number of thiazole rings is 1. The fourth-order valence-electron chi connectivity index (χ4n) is 2.76. The number of aromatic nitrogens is 2. The lowest BCUT2D eigenvalue weighted by Crippen LogP contribution is -2.13. The normalized spacial score (nSPS) is 11.8. The Morgan fingerprint density at radius 3 is 2.52 bits per heavy atom. The van der Waals surface area contributed by atoms with Gasteiger partial charge in [0.1, 0.15) is 0 Å². The summed E-state index contributed by atoms with van der Waals surface area (Å²) < 4.78 is 1.98. The van der Waals surface area contributed by atoms with Crippen LogP contribution in [0.25, 0.3) is 16.9 Å². The standard InChI is InChI=1S/C21H15N5O2S/c27-26(28)19-10-8-17(9-11-19)20-15-29-21(25(20)18-6-2-1-3-7-18)24-23-14-16-5-4-12-22-13-16/h1-15H. The van der Waals surface area contributed by atoms with Crippen LogP contribution >= 0.6 is 11.3 Å². The number of pyridine rings is 1. The van der Waals surface area contributed by atoms with Crippen LogP contribution in [0.4, 0.5) is 5.69 Å². The van der Waals surface area contributed by atoms with Gasteiger partial charge in [-0.1, -0.05) is 24.3 Å². The average molecular weight is 401 g/mol. The summed E-state index contributed by atoms with van der Waals surface area (Å²) in [6.45, 7) is 0. The van der Waals surface area contributed by atoms with Crippen LogP contribution in [-0.4, -0.2) is 20.7 Å². The van der Waals surface area contributed by atoms with Gasteiger partial charge in [-0.2, -0.15) is 5.10 Å². The molecular weight excluding hydrogens is 386 g/mol. The molecule has 4 aromatic rings. The van der Waals surface area contributed by atoms with Gasteiger partial charge in [0.15, 0.2) is 0 Å². The largest absolute Gasteiger partial charge is 0.284 e. The third-order valence-corrected chi connectivity index (χ3v) is 4.95. The number of nitro groups is 1. The van der Waals surface area contributed by atoms with Gasteiger partial charge in [0.25, 0.3) is 5.69 Å². The van der Waals surface area contributed by atoms with Gasteiger partial charge < -0.3 is 0 Å². The molecule has 0 amide bonds. The van der Waals surface area contributed by atoms with Crippen molar-refractivity contribution in [3.05, 3.63) is 105 Å². The molecule has 4 rings (SSSR count). The summed E-state index contributed by atoms with van der Waals surface area (Å²) in [4.78, 5) is 15.3. The Morgan fingerprint density at radius 2 is 1.83 bits per heavy atom. The number of hydrogen-bond acceptors (Lipinski definition) is 6. The number of para-hydroxylation sites is 1. The lowest BCUT2D eigenvalue weighted by molar-refractivity contribution is -0.384. The fraction of sp³-hybridized carbons (Fsp3) is 0. The summed E-state index contributed by atoms with van der Waals surface area (Å²) in [6, 6.07) is 20.0. The Morgan fingerprint density at radius 1 is 1.03 bits per heavy atom. The molecule has 0 N–H and O–H groups in total. The molecule has 0 unspecified atom stereocenters. The molecule has 2 aromatic carbocycles. The SMILES string of the molecule is O=[N+]([O-])c1ccc(-c2csc(=NN=Cc3cccnc3)n2-c2ccccc2)cc1. The van der Waals surface area contributed by atoms with Gasteiger partial charge in [-0.15, -0.1) is 16.4 Å². The number of nitrogens with zero attached hydrogens (tertiary/aromatic N) is 5. The highest BCUT2D eigenvalue weighted by Gasteiger charge is 2.12. The van der Waals surface area contributed by atoms with Crippen LogP contribution in [0, 0.1) is 10.1 Å². The smallest absolute Gasteiger partial charge is 0.269 e. The third kappa shape index (κ3) is 4.17. The van der Waals surface area contributed by atoms with E-state index in [9.17, 15) is 10.1 Å². The van der Waals surface area contributed by atoms with Crippen LogP contribution in [0.3, 0.4) is 0 Å². The first kappa shape index (κ1) is 18.5. The quantitative estimate of drug-likeness (QED) is 0.281. The molecule has 2 heterocycles. The fourth-order valence-corrected chi connectivity index (χ4v) is 3.62. The molecular formula is C21H15N5O2S. The first-order valence-corrected chi connectivity index (χ1v) is 9.58. The zero-order valence-corrected chi connectivity index (χ0v) is 15.9. The second-order valence-corrected chi connectivity index (χ2v) is 6.85. The molecule has 0 atom stereocenters. The van der Waals surface area contributed by atoms with Gasteiger partial charge in [-0.05, 0) is 35.9 Å². The Hall–Kier alpha value is -3.91. The molecule has 142 valence electrons. The van der Waals surface area contributed by atoms with E-state index in [1.54, 1.807) is 30.7 Å². The van der Waals surface area contributed by atoms with Crippen molar-refractivity contribution in [2.75, 3.05) is 0 Å². The van der Waals surface area contributed by atoms with E-state index in [-0.39, 0.29) is 5.69 Å². The van der Waals surface area contributed by atoms with Crippen LogP contribution < -0.4 is 4.80 Å². The Kier molecular flexibility index (Phi) is 5.35. The minimum absolute atomic E-state index is 0.0567. The van der Waals surface area contributed by atoms with Crippen LogP contribution in [0.5, 0.6) is 0 Å². The Balaban J connectivity index is 1.80. The van der Waals surface area contributed by atoms with E-state index in [0.29, 0.717) is 4.80 Å². The van der Waals surface area contributed by atoms with Crippen molar-refractivity contribution in [1.82, 2.24) is 9.55 Å². The van der Waals surface area contributed by atoms with Crippen LogP contribution in [0.2, 0.25) is 0 Å². The maximum Gasteiger partial charge on any atom is 0.269 e. The molecule has 0 fully saturated rings. The summed E-state index contributed by atoms with van der Waals surface area (Å²) in [5.74, 6) is 0. The predicted octanol–water partition coefficient (Wildman–Crippen LogP) is 4.44. The van der Waals surface area contributed by atoms with Gasteiger partial charge >= 0.3 is 0 Å². The zero-order chi connectivity index (χ0) is 20.1. The minimum atomic E-state index is -0.406. The second-order valence-electron chi connectivity index (χ2n) is 6.01. The van der Waals surface area contributed by atoms with Crippen molar-refractivity contribution in [1.29, 1.82) is 0 Å². The van der Waals surface area contributed by atoms with Crippen molar-refractivity contribution in [3.8, 4) is 16.9 Å². The van der Waals surface area contributed by atoms with Crippen LogP contribution in [0.1, 0.15) is 5.56 Å². The summed E-state index contributed by atoms with van der Waals surface area (Å²) in [6.07, 6.45) is 5.06. The van der Waals surface area contributed by atoms with Crippen LogP contribution in [0.15, 0.2) is 94.7 Å². The van der Waals surface area contributed by atoms with Gasteiger partial charge in [-0.3, -0.25) is 19.7 Å². The topological polar surface area (TPSA) is 85.7 Å². The van der Waals surface area contributed by atoms with E-state index < -0.39 is 4.92 Å². The van der Waals surface area contributed by atoms with E-state index >= 15 is 0 Å². The van der Waals surface area contributed by atoms with Crippen molar-refractivity contribution >= 4 is 23.2 Å². The number of benzene rings is 2. The molecule has 2 aromatic heterocycles. The molecule has 29 heavy (non-hydrogen) atoms. The van der Waals surface area contributed by atoms with Gasteiger partial charge in [0, 0.05) is 41.2 Å². The van der Waals surface area contributed by atoms with Crippen LogP contribution in [-0.2, 0) is 0 Å². The monoisotopic (exact) mass is 401 g/mol. The van der Waals surface area contributed by atoms with E-state index in [1.165, 1.54) is 23.5 Å². The maximum atomic E-state index is 10.9. The third-order valence-electron chi connectivity index (χ3n) is 4.13. The highest BCUT2D eigenvalue weighted by atomic mass is 32.1. The van der Waals surface area contributed by atoms with E-state index in [1.807, 2.05) is 52.4 Å². The Labute approximate surface area is 170 Å². The second kappa shape index (κ2) is 8.41. The summed E-state index contributed by atoms with van der Waals surface area (Å²) >= 11 is 1.44. The van der Waals surface area contributed by atoms with Gasteiger partial charge in [-0.25, -0.2) is 0 Å². The van der Waals surface area contributed by atoms with Gasteiger partial charge in [0.05, 0.1) is 16.8 Å². The molecule has 8 heteroatoms. The molecule has 0 saturated heterocycles. The molecule has 0 aliphatic carbocycles. The minimum Gasteiger partial charge on any atom is -0.284 e. The van der Waals surface area contributed by atoms with Gasteiger partial charge in [0.2, 0.25) is 4.80 Å². The first-order valence-electron chi connectivity index (χ1n) is 8.70. The summed E-state index contributed by atoms with van der Waals surface area (Å²) in [5.41, 5.74) is 3.58. The van der Waals surface area contributed by atoms with E-state index in [0.717, 1.165) is 22.5 Å². The van der Waals surface area contributed by atoms with Crippen molar-refractivity contribution in [2.45, 2.75) is 0 Å². The molecule has 0 bridgehead atoms. The van der Waals surface area contributed by atoms with Crippen molar-refractivity contribution in [3.63, 3.8) is 0 Å². The van der Waals surface area contributed by atoms with Crippen molar-refractivity contribution in [2.24, 2.45) is 10.2 Å². The average Bonchev–Trinajstić information content (AvgIpc) is 3.19. The molecule has 0 spiro atoms.